The van der Waals surface area contributed by atoms with E-state index in [0.29, 0.717) is 17.5 Å². The summed E-state index contributed by atoms with van der Waals surface area (Å²) in [4.78, 5) is 36.1. The first-order chi connectivity index (χ1) is 8.50. The van der Waals surface area contributed by atoms with Crippen molar-refractivity contribution in [1.82, 2.24) is 4.90 Å². The fraction of sp³-hybridized carbons (Fsp3) is 0.250. The molecule has 1 heterocycles. The van der Waals surface area contributed by atoms with Gasteiger partial charge in [-0.05, 0) is 24.6 Å². The van der Waals surface area contributed by atoms with Crippen molar-refractivity contribution in [2.24, 2.45) is 5.92 Å². The summed E-state index contributed by atoms with van der Waals surface area (Å²) in [5.74, 6) is -2.37. The van der Waals surface area contributed by atoms with E-state index in [1.54, 1.807) is 18.2 Å². The van der Waals surface area contributed by atoms with Crippen LogP contribution in [0.1, 0.15) is 27.1 Å². The molecule has 2 atom stereocenters. The van der Waals surface area contributed by atoms with Gasteiger partial charge in [0, 0.05) is 4.47 Å². The quantitative estimate of drug-likeness (QED) is 0.840. The molecule has 2 unspecified atom stereocenters. The molecule has 2 amide bonds. The van der Waals surface area contributed by atoms with Crippen molar-refractivity contribution >= 4 is 33.7 Å². The second-order valence-corrected chi connectivity index (χ2v) is 5.33. The molecular formula is C12H8BrNO4. The minimum atomic E-state index is -0.960. The Labute approximate surface area is 111 Å². The second kappa shape index (κ2) is 3.65. The van der Waals surface area contributed by atoms with Gasteiger partial charge in [0.1, 0.15) is 0 Å². The van der Waals surface area contributed by atoms with Crippen LogP contribution >= 0.6 is 15.9 Å². The number of benzene rings is 1. The molecule has 92 valence electrons. The lowest BCUT2D eigenvalue weighted by molar-refractivity contribution is -0.138. The highest BCUT2D eigenvalue weighted by Gasteiger charge is 2.54. The number of carboxylic acid groups (broad SMARTS) is 1. The van der Waals surface area contributed by atoms with Crippen molar-refractivity contribution in [3.63, 3.8) is 0 Å². The van der Waals surface area contributed by atoms with Crippen LogP contribution in [0.3, 0.4) is 0 Å². The third kappa shape index (κ3) is 1.49. The van der Waals surface area contributed by atoms with Gasteiger partial charge in [0.05, 0.1) is 23.1 Å². The molecule has 0 bridgehead atoms. The summed E-state index contributed by atoms with van der Waals surface area (Å²) in [6.45, 7) is 0. The van der Waals surface area contributed by atoms with E-state index in [9.17, 15) is 14.4 Å². The maximum absolute atomic E-state index is 12.1. The van der Waals surface area contributed by atoms with Crippen LogP contribution in [0.4, 0.5) is 0 Å². The molecule has 0 saturated heterocycles. The first-order valence-corrected chi connectivity index (χ1v) is 6.20. The zero-order valence-corrected chi connectivity index (χ0v) is 10.7. The maximum Gasteiger partial charge on any atom is 0.308 e. The molecular weight excluding hydrogens is 302 g/mol. The molecule has 1 saturated carbocycles. The molecule has 2 aliphatic rings. The van der Waals surface area contributed by atoms with Crippen molar-refractivity contribution in [1.29, 1.82) is 0 Å². The van der Waals surface area contributed by atoms with Crippen LogP contribution in [0.25, 0.3) is 0 Å². The minimum absolute atomic E-state index is 0.338. The van der Waals surface area contributed by atoms with Crippen molar-refractivity contribution in [3.05, 3.63) is 33.8 Å². The van der Waals surface area contributed by atoms with Crippen LogP contribution < -0.4 is 0 Å². The van der Waals surface area contributed by atoms with Gasteiger partial charge >= 0.3 is 5.97 Å². The van der Waals surface area contributed by atoms with E-state index in [-0.39, 0.29) is 0 Å². The molecule has 1 aliphatic carbocycles. The monoisotopic (exact) mass is 309 g/mol. The molecule has 1 fully saturated rings. The molecule has 3 rings (SSSR count). The molecule has 1 aromatic carbocycles. The Morgan fingerprint density at radius 3 is 2.56 bits per heavy atom. The summed E-state index contributed by atoms with van der Waals surface area (Å²) in [6.07, 6.45) is 0.349. The summed E-state index contributed by atoms with van der Waals surface area (Å²) >= 11 is 3.24. The number of aliphatic carboxylic acids is 1. The number of hydrogen-bond donors (Lipinski definition) is 1. The molecule has 0 radical (unpaired) electrons. The Balaban J connectivity index is 1.96. The van der Waals surface area contributed by atoms with Gasteiger partial charge in [-0.3, -0.25) is 19.3 Å². The number of amides is 2. The molecule has 18 heavy (non-hydrogen) atoms. The standard InChI is InChI=1S/C12H8BrNO4/c13-5-1-2-6-7(3-5)11(16)14(10(6)15)9-4-8(9)12(17)18/h1-3,8-9H,4H2,(H,17,18). The Morgan fingerprint density at radius 2 is 1.94 bits per heavy atom. The van der Waals surface area contributed by atoms with E-state index >= 15 is 0 Å². The maximum atomic E-state index is 12.1. The van der Waals surface area contributed by atoms with Crippen molar-refractivity contribution in [2.75, 3.05) is 0 Å². The summed E-state index contributed by atoms with van der Waals surface area (Å²) in [7, 11) is 0. The molecule has 1 N–H and O–H groups in total. The normalized spacial score (nSPS) is 25.3. The zero-order valence-electron chi connectivity index (χ0n) is 9.09. The number of hydrogen-bond acceptors (Lipinski definition) is 3. The minimum Gasteiger partial charge on any atom is -0.481 e. The summed E-state index contributed by atoms with van der Waals surface area (Å²) < 4.78 is 0.717. The van der Waals surface area contributed by atoms with E-state index in [0.717, 1.165) is 9.37 Å². The number of imide groups is 1. The van der Waals surface area contributed by atoms with Gasteiger partial charge in [0.2, 0.25) is 0 Å². The van der Waals surface area contributed by atoms with Gasteiger partial charge in [0.15, 0.2) is 0 Å². The lowest BCUT2D eigenvalue weighted by Gasteiger charge is -2.12. The smallest absolute Gasteiger partial charge is 0.308 e. The second-order valence-electron chi connectivity index (χ2n) is 4.42. The van der Waals surface area contributed by atoms with Crippen LogP contribution in [0, 0.1) is 5.92 Å². The number of carboxylic acids is 1. The van der Waals surface area contributed by atoms with Gasteiger partial charge in [-0.1, -0.05) is 15.9 Å². The highest BCUT2D eigenvalue weighted by molar-refractivity contribution is 9.10. The first kappa shape index (κ1) is 11.4. The van der Waals surface area contributed by atoms with Crippen molar-refractivity contribution < 1.29 is 19.5 Å². The fourth-order valence-electron chi connectivity index (χ4n) is 2.27. The van der Waals surface area contributed by atoms with Crippen LogP contribution in [0.2, 0.25) is 0 Å². The summed E-state index contributed by atoms with van der Waals surface area (Å²) in [5.41, 5.74) is 0.685. The van der Waals surface area contributed by atoms with E-state index in [4.69, 9.17) is 5.11 Å². The third-order valence-corrected chi connectivity index (χ3v) is 3.78. The summed E-state index contributed by atoms with van der Waals surface area (Å²) in [5, 5.41) is 8.86. The average molecular weight is 310 g/mol. The molecule has 5 nitrogen and oxygen atoms in total. The van der Waals surface area contributed by atoms with Gasteiger partial charge in [-0.25, -0.2) is 0 Å². The fourth-order valence-corrected chi connectivity index (χ4v) is 2.63. The Hall–Kier alpha value is -1.69. The largest absolute Gasteiger partial charge is 0.481 e. The number of carbonyl (C=O) groups excluding carboxylic acids is 2. The van der Waals surface area contributed by atoms with E-state index < -0.39 is 29.7 Å². The molecule has 1 aliphatic heterocycles. The lowest BCUT2D eigenvalue weighted by atomic mass is 10.1. The number of halogens is 1. The van der Waals surface area contributed by atoms with Crippen LogP contribution in [0.15, 0.2) is 22.7 Å². The van der Waals surface area contributed by atoms with Gasteiger partial charge in [-0.2, -0.15) is 0 Å². The highest BCUT2D eigenvalue weighted by Crippen LogP contribution is 2.40. The number of carbonyl (C=O) groups is 3. The predicted molar refractivity (Wildman–Crippen MR) is 64.2 cm³/mol. The average Bonchev–Trinajstić information content (AvgIpc) is 3.04. The van der Waals surface area contributed by atoms with Crippen LogP contribution in [-0.2, 0) is 4.79 Å². The van der Waals surface area contributed by atoms with E-state index in [1.165, 1.54) is 0 Å². The highest BCUT2D eigenvalue weighted by atomic mass is 79.9. The molecule has 0 spiro atoms. The number of nitrogens with zero attached hydrogens (tertiary/aromatic N) is 1. The lowest BCUT2D eigenvalue weighted by Crippen LogP contribution is -2.33. The SMILES string of the molecule is O=C(O)C1CC1N1C(=O)c2ccc(Br)cc2C1=O. The van der Waals surface area contributed by atoms with E-state index in [2.05, 4.69) is 15.9 Å². The topological polar surface area (TPSA) is 74.7 Å². The predicted octanol–water partition coefficient (Wildman–Crippen LogP) is 1.52. The molecule has 0 aromatic heterocycles. The van der Waals surface area contributed by atoms with E-state index in [1.807, 2.05) is 0 Å². The van der Waals surface area contributed by atoms with Crippen LogP contribution in [0.5, 0.6) is 0 Å². The Bertz CT molecular complexity index is 598. The van der Waals surface area contributed by atoms with Crippen LogP contribution in [-0.4, -0.2) is 33.8 Å². The zero-order chi connectivity index (χ0) is 13.0. The van der Waals surface area contributed by atoms with Gasteiger partial charge in [0.25, 0.3) is 11.8 Å². The van der Waals surface area contributed by atoms with Gasteiger partial charge in [-0.15, -0.1) is 0 Å². The van der Waals surface area contributed by atoms with Crippen molar-refractivity contribution in [3.8, 4) is 0 Å². The van der Waals surface area contributed by atoms with Gasteiger partial charge < -0.3 is 5.11 Å². The molecule has 6 heteroatoms. The number of rotatable bonds is 2. The summed E-state index contributed by atoms with van der Waals surface area (Å²) in [6, 6.07) is 4.37. The number of fused-ring (bicyclic) bond motifs is 1. The Kier molecular flexibility index (Phi) is 2.31. The third-order valence-electron chi connectivity index (χ3n) is 3.29. The Morgan fingerprint density at radius 1 is 1.28 bits per heavy atom. The first-order valence-electron chi connectivity index (χ1n) is 5.41. The molecule has 1 aromatic rings. The van der Waals surface area contributed by atoms with Crippen molar-refractivity contribution in [2.45, 2.75) is 12.5 Å².